The minimum atomic E-state index is -0.413. The van der Waals surface area contributed by atoms with E-state index in [-0.39, 0.29) is 11.6 Å². The zero-order valence-corrected chi connectivity index (χ0v) is 19.2. The van der Waals surface area contributed by atoms with Crippen LogP contribution in [0.2, 0.25) is 5.02 Å². The minimum Gasteiger partial charge on any atom is -0.494 e. The van der Waals surface area contributed by atoms with Crippen molar-refractivity contribution in [1.29, 1.82) is 0 Å². The van der Waals surface area contributed by atoms with Crippen molar-refractivity contribution >= 4 is 46.6 Å². The van der Waals surface area contributed by atoms with Gasteiger partial charge in [-0.1, -0.05) is 41.1 Å². The maximum Gasteiger partial charge on any atom is 0.283 e. The summed E-state index contributed by atoms with van der Waals surface area (Å²) in [5.74, 6) is -0.109. The third-order valence-corrected chi connectivity index (χ3v) is 6.14. The van der Waals surface area contributed by atoms with Crippen LogP contribution in [-0.2, 0) is 9.59 Å². The maximum atomic E-state index is 13.4. The highest BCUT2D eigenvalue weighted by Crippen LogP contribution is 2.38. The molecule has 162 valence electrons. The van der Waals surface area contributed by atoms with Crippen molar-refractivity contribution in [3.8, 4) is 5.75 Å². The Labute approximate surface area is 196 Å². The van der Waals surface area contributed by atoms with Gasteiger partial charge in [-0.15, -0.1) is 0 Å². The quantitative estimate of drug-likeness (QED) is 0.432. The lowest BCUT2D eigenvalue weighted by Gasteiger charge is -2.16. The number of nitrogens with one attached hydrogen (secondary N) is 1. The number of carbonyl (C=O) groups excluding carboxylic acids is 2. The van der Waals surface area contributed by atoms with Gasteiger partial charge in [0.2, 0.25) is 0 Å². The van der Waals surface area contributed by atoms with E-state index in [9.17, 15) is 9.59 Å². The molecular formula is C25H21ClN2O3S. The molecule has 2 amide bonds. The highest BCUT2D eigenvalue weighted by atomic mass is 35.5. The molecule has 7 heteroatoms. The topological polar surface area (TPSA) is 58.6 Å². The lowest BCUT2D eigenvalue weighted by Crippen LogP contribution is -2.32. The molecule has 0 bridgehead atoms. The summed E-state index contributed by atoms with van der Waals surface area (Å²) in [4.78, 5) is 29.1. The second-order valence-electron chi connectivity index (χ2n) is 7.12. The van der Waals surface area contributed by atoms with Crippen LogP contribution in [0, 0.1) is 6.92 Å². The monoisotopic (exact) mass is 464 g/mol. The average Bonchev–Trinajstić information content (AvgIpc) is 3.01. The first-order valence-corrected chi connectivity index (χ1v) is 11.3. The molecule has 1 N–H and O–H groups in total. The number of anilines is 2. The Kier molecular flexibility index (Phi) is 6.53. The fraction of sp³-hybridized carbons (Fsp3) is 0.120. The van der Waals surface area contributed by atoms with Crippen LogP contribution in [0.3, 0.4) is 0 Å². The van der Waals surface area contributed by atoms with Crippen LogP contribution >= 0.6 is 23.4 Å². The number of hydrogen-bond donors (Lipinski definition) is 1. The van der Waals surface area contributed by atoms with E-state index in [1.54, 1.807) is 48.5 Å². The van der Waals surface area contributed by atoms with Gasteiger partial charge in [0.1, 0.15) is 16.4 Å². The van der Waals surface area contributed by atoms with Crippen LogP contribution in [0.4, 0.5) is 11.4 Å². The number of nitrogens with zero attached hydrogens (tertiary/aromatic N) is 1. The minimum absolute atomic E-state index is 0.233. The molecule has 3 aromatic rings. The van der Waals surface area contributed by atoms with E-state index in [4.69, 9.17) is 16.3 Å². The molecule has 32 heavy (non-hydrogen) atoms. The predicted molar refractivity (Wildman–Crippen MR) is 129 cm³/mol. The SMILES string of the molecule is CCOc1ccc(N2C(=O)C(Nc3ccc(Cl)cc3)=C(Sc3ccc(C)cc3)C2=O)cc1. The zero-order chi connectivity index (χ0) is 22.7. The molecule has 0 saturated heterocycles. The molecule has 0 aromatic heterocycles. The highest BCUT2D eigenvalue weighted by Gasteiger charge is 2.40. The van der Waals surface area contributed by atoms with Crippen LogP contribution in [0.25, 0.3) is 0 Å². The lowest BCUT2D eigenvalue weighted by atomic mass is 10.2. The summed E-state index contributed by atoms with van der Waals surface area (Å²) in [6, 6.07) is 21.7. The number of rotatable bonds is 7. The molecule has 0 atom stereocenters. The third kappa shape index (κ3) is 4.66. The molecule has 0 aliphatic carbocycles. The number of amides is 2. The summed E-state index contributed by atoms with van der Waals surface area (Å²) >= 11 is 7.25. The van der Waals surface area contributed by atoms with Crippen molar-refractivity contribution < 1.29 is 14.3 Å². The van der Waals surface area contributed by atoms with E-state index >= 15 is 0 Å². The van der Waals surface area contributed by atoms with Gasteiger partial charge in [0.15, 0.2) is 0 Å². The van der Waals surface area contributed by atoms with E-state index in [0.29, 0.717) is 33.7 Å². The van der Waals surface area contributed by atoms with Gasteiger partial charge in [0.25, 0.3) is 11.8 Å². The fourth-order valence-corrected chi connectivity index (χ4v) is 4.26. The fourth-order valence-electron chi connectivity index (χ4n) is 3.21. The largest absolute Gasteiger partial charge is 0.494 e. The van der Waals surface area contributed by atoms with E-state index < -0.39 is 5.91 Å². The van der Waals surface area contributed by atoms with Crippen molar-refractivity contribution in [2.75, 3.05) is 16.8 Å². The summed E-state index contributed by atoms with van der Waals surface area (Å²) < 4.78 is 5.47. The number of imide groups is 1. The lowest BCUT2D eigenvalue weighted by molar-refractivity contribution is -0.120. The van der Waals surface area contributed by atoms with E-state index in [1.165, 1.54) is 16.7 Å². The van der Waals surface area contributed by atoms with Gasteiger partial charge in [-0.25, -0.2) is 4.90 Å². The number of carbonyl (C=O) groups is 2. The van der Waals surface area contributed by atoms with Gasteiger partial charge < -0.3 is 10.1 Å². The molecule has 1 aliphatic rings. The second kappa shape index (κ2) is 9.51. The maximum absolute atomic E-state index is 13.4. The number of thioether (sulfide) groups is 1. The van der Waals surface area contributed by atoms with E-state index in [2.05, 4.69) is 5.32 Å². The normalized spacial score (nSPS) is 13.7. The molecule has 0 unspecified atom stereocenters. The zero-order valence-electron chi connectivity index (χ0n) is 17.6. The average molecular weight is 465 g/mol. The van der Waals surface area contributed by atoms with E-state index in [1.807, 2.05) is 38.1 Å². The molecule has 3 aromatic carbocycles. The second-order valence-corrected chi connectivity index (χ2v) is 8.64. The third-order valence-electron chi connectivity index (χ3n) is 4.80. The summed E-state index contributed by atoms with van der Waals surface area (Å²) in [5, 5.41) is 3.71. The van der Waals surface area contributed by atoms with Crippen molar-refractivity contribution in [3.05, 3.63) is 94.0 Å². The number of ether oxygens (including phenoxy) is 1. The van der Waals surface area contributed by atoms with Crippen LogP contribution in [-0.4, -0.2) is 18.4 Å². The van der Waals surface area contributed by atoms with Gasteiger partial charge >= 0.3 is 0 Å². The molecule has 1 aliphatic heterocycles. The molecule has 4 rings (SSSR count). The van der Waals surface area contributed by atoms with Crippen molar-refractivity contribution in [2.24, 2.45) is 0 Å². The molecule has 0 fully saturated rings. The Morgan fingerprint density at radius 2 is 1.56 bits per heavy atom. The van der Waals surface area contributed by atoms with Crippen molar-refractivity contribution in [3.63, 3.8) is 0 Å². The Morgan fingerprint density at radius 3 is 2.19 bits per heavy atom. The van der Waals surface area contributed by atoms with Gasteiger partial charge in [-0.05, 0) is 74.5 Å². The van der Waals surface area contributed by atoms with Gasteiger partial charge in [0, 0.05) is 15.6 Å². The van der Waals surface area contributed by atoms with Gasteiger partial charge in [0.05, 0.1) is 12.3 Å². The highest BCUT2D eigenvalue weighted by molar-refractivity contribution is 8.04. The van der Waals surface area contributed by atoms with E-state index in [0.717, 1.165) is 10.5 Å². The van der Waals surface area contributed by atoms with Gasteiger partial charge in [-0.2, -0.15) is 0 Å². The van der Waals surface area contributed by atoms with Crippen molar-refractivity contribution in [2.45, 2.75) is 18.7 Å². The smallest absolute Gasteiger partial charge is 0.283 e. The number of benzene rings is 3. The van der Waals surface area contributed by atoms with Crippen LogP contribution in [0.5, 0.6) is 5.75 Å². The van der Waals surface area contributed by atoms with Gasteiger partial charge in [-0.3, -0.25) is 9.59 Å². The molecular weight excluding hydrogens is 444 g/mol. The number of halogens is 1. The molecule has 0 spiro atoms. The summed E-state index contributed by atoms with van der Waals surface area (Å²) in [5.41, 5.74) is 2.50. The molecule has 1 heterocycles. The predicted octanol–water partition coefficient (Wildman–Crippen LogP) is 6.04. The first-order chi connectivity index (χ1) is 15.5. The van der Waals surface area contributed by atoms with Crippen LogP contribution in [0.15, 0.2) is 88.3 Å². The summed E-state index contributed by atoms with van der Waals surface area (Å²) in [6.45, 7) is 4.43. The molecule has 0 radical (unpaired) electrons. The molecule has 0 saturated carbocycles. The Bertz CT molecular complexity index is 1100. The number of hydrogen-bond acceptors (Lipinski definition) is 5. The standard InChI is InChI=1S/C25H21ClN2O3S/c1-3-31-20-12-10-19(11-13-20)28-24(29)22(27-18-8-6-17(26)7-9-18)23(25(28)30)32-21-14-4-16(2)5-15-21/h4-15,27H,3H2,1-2H3. The number of aryl methyl sites for hydroxylation is 1. The first-order valence-electron chi connectivity index (χ1n) is 10.1. The van der Waals surface area contributed by atoms with Crippen LogP contribution in [0.1, 0.15) is 12.5 Å². The summed E-state index contributed by atoms with van der Waals surface area (Å²) in [6.07, 6.45) is 0. The first kappa shape index (κ1) is 22.0. The summed E-state index contributed by atoms with van der Waals surface area (Å²) in [7, 11) is 0. The Balaban J connectivity index is 1.69. The van der Waals surface area contributed by atoms with Crippen molar-refractivity contribution in [1.82, 2.24) is 0 Å². The molecule has 5 nitrogen and oxygen atoms in total. The Hall–Kier alpha value is -3.22. The Morgan fingerprint density at radius 1 is 0.906 bits per heavy atom. The van der Waals surface area contributed by atoms with Crippen LogP contribution < -0.4 is 15.0 Å².